The van der Waals surface area contributed by atoms with E-state index in [2.05, 4.69) is 15.3 Å². The number of halogens is 1. The number of rotatable bonds is 4. The molecular formula is C11H11FN4O2. The molecule has 0 unspecified atom stereocenters. The van der Waals surface area contributed by atoms with E-state index in [0.717, 1.165) is 11.5 Å². The van der Waals surface area contributed by atoms with Crippen LogP contribution in [0.3, 0.4) is 0 Å². The lowest BCUT2D eigenvalue weighted by atomic mass is 10.2. The van der Waals surface area contributed by atoms with E-state index in [0.29, 0.717) is 0 Å². The molecule has 0 saturated carbocycles. The van der Waals surface area contributed by atoms with Crippen LogP contribution in [-0.4, -0.2) is 14.9 Å². The molecule has 18 heavy (non-hydrogen) atoms. The van der Waals surface area contributed by atoms with Crippen LogP contribution in [0.2, 0.25) is 0 Å². The Kier molecular flexibility index (Phi) is 3.22. The summed E-state index contributed by atoms with van der Waals surface area (Å²) in [5.41, 5.74) is 0.325. The number of nitrogens with one attached hydrogen (secondary N) is 2. The molecule has 1 aromatic heterocycles. The molecule has 2 rings (SSSR count). The third-order valence-corrected chi connectivity index (χ3v) is 2.40. The Morgan fingerprint density at radius 2 is 2.33 bits per heavy atom. The first-order valence-electron chi connectivity index (χ1n) is 5.25. The molecule has 2 aromatic rings. The van der Waals surface area contributed by atoms with Crippen LogP contribution in [0.5, 0.6) is 0 Å². The Morgan fingerprint density at radius 1 is 1.56 bits per heavy atom. The van der Waals surface area contributed by atoms with E-state index in [4.69, 9.17) is 0 Å². The molecule has 2 N–H and O–H groups in total. The van der Waals surface area contributed by atoms with Gasteiger partial charge in [0.1, 0.15) is 11.5 Å². The second-order valence-corrected chi connectivity index (χ2v) is 3.74. The Bertz CT molecular complexity index is 582. The monoisotopic (exact) mass is 250 g/mol. The minimum atomic E-state index is -0.652. The number of aromatic amines is 1. The van der Waals surface area contributed by atoms with Crippen LogP contribution in [0.25, 0.3) is 0 Å². The number of para-hydroxylation sites is 1. The topological polar surface area (TPSA) is 83.8 Å². The van der Waals surface area contributed by atoms with Gasteiger partial charge in [-0.3, -0.25) is 10.1 Å². The average molecular weight is 250 g/mol. The predicted octanol–water partition coefficient (Wildman–Crippen LogP) is 2.38. The molecule has 1 heterocycles. The van der Waals surface area contributed by atoms with E-state index in [9.17, 15) is 14.5 Å². The second kappa shape index (κ2) is 4.82. The molecule has 0 aliphatic carbocycles. The van der Waals surface area contributed by atoms with Crippen LogP contribution in [-0.2, 0) is 6.54 Å². The third kappa shape index (κ3) is 2.45. The number of benzene rings is 1. The number of aryl methyl sites for hydroxylation is 1. The fourth-order valence-corrected chi connectivity index (χ4v) is 1.59. The van der Waals surface area contributed by atoms with Gasteiger partial charge in [-0.1, -0.05) is 6.07 Å². The summed E-state index contributed by atoms with van der Waals surface area (Å²) in [6, 6.07) is 3.73. The van der Waals surface area contributed by atoms with Crippen LogP contribution in [0.1, 0.15) is 11.5 Å². The molecule has 0 amide bonds. The van der Waals surface area contributed by atoms with Gasteiger partial charge in [-0.2, -0.15) is 0 Å². The highest BCUT2D eigenvalue weighted by molar-refractivity contribution is 5.62. The largest absolute Gasteiger partial charge is 0.371 e. The van der Waals surface area contributed by atoms with Gasteiger partial charge in [0.05, 0.1) is 23.4 Å². The summed E-state index contributed by atoms with van der Waals surface area (Å²) in [6.45, 7) is 2.03. The first-order valence-corrected chi connectivity index (χ1v) is 5.25. The van der Waals surface area contributed by atoms with Crippen molar-refractivity contribution in [2.45, 2.75) is 13.5 Å². The van der Waals surface area contributed by atoms with Crippen molar-refractivity contribution in [2.24, 2.45) is 0 Å². The number of aromatic nitrogens is 2. The van der Waals surface area contributed by atoms with Crippen LogP contribution in [0.4, 0.5) is 15.8 Å². The molecule has 0 fully saturated rings. The molecule has 6 nitrogen and oxygen atoms in total. The van der Waals surface area contributed by atoms with Crippen LogP contribution >= 0.6 is 0 Å². The molecule has 0 atom stereocenters. The van der Waals surface area contributed by atoms with Gasteiger partial charge in [-0.25, -0.2) is 9.37 Å². The Balaban J connectivity index is 2.20. The summed E-state index contributed by atoms with van der Waals surface area (Å²) in [5.74, 6) is 0.0790. The van der Waals surface area contributed by atoms with Gasteiger partial charge in [0.25, 0.3) is 5.69 Å². The highest BCUT2D eigenvalue weighted by atomic mass is 19.1. The van der Waals surface area contributed by atoms with E-state index in [1.165, 1.54) is 18.2 Å². The normalized spacial score (nSPS) is 10.3. The maximum atomic E-state index is 13.5. The second-order valence-electron chi connectivity index (χ2n) is 3.74. The Labute approximate surface area is 102 Å². The fourth-order valence-electron chi connectivity index (χ4n) is 1.59. The Morgan fingerprint density at radius 3 is 2.94 bits per heavy atom. The van der Waals surface area contributed by atoms with E-state index in [1.54, 1.807) is 13.1 Å². The van der Waals surface area contributed by atoms with Crippen LogP contribution in [0, 0.1) is 22.9 Å². The average Bonchev–Trinajstić information content (AvgIpc) is 2.73. The number of anilines is 1. The number of hydrogen-bond donors (Lipinski definition) is 2. The van der Waals surface area contributed by atoms with Crippen molar-refractivity contribution < 1.29 is 9.31 Å². The molecule has 0 spiro atoms. The number of nitro groups is 1. The zero-order valence-corrected chi connectivity index (χ0v) is 9.61. The highest BCUT2D eigenvalue weighted by Gasteiger charge is 2.17. The molecule has 1 aromatic carbocycles. The number of nitrogens with zero attached hydrogens (tertiary/aromatic N) is 2. The van der Waals surface area contributed by atoms with Gasteiger partial charge in [-0.05, 0) is 13.0 Å². The van der Waals surface area contributed by atoms with Gasteiger partial charge >= 0.3 is 0 Å². The summed E-state index contributed by atoms with van der Waals surface area (Å²) in [7, 11) is 0. The van der Waals surface area contributed by atoms with Crippen molar-refractivity contribution in [3.05, 3.63) is 51.8 Å². The maximum absolute atomic E-state index is 13.5. The summed E-state index contributed by atoms with van der Waals surface area (Å²) in [5, 5.41) is 13.5. The lowest BCUT2D eigenvalue weighted by molar-refractivity contribution is -0.384. The van der Waals surface area contributed by atoms with Gasteiger partial charge in [0.15, 0.2) is 5.82 Å². The lowest BCUT2D eigenvalue weighted by Crippen LogP contribution is -2.05. The highest BCUT2D eigenvalue weighted by Crippen LogP contribution is 2.27. The SMILES string of the molecule is Cc1ncc(CNc2c(F)cccc2[N+](=O)[O-])[nH]1. The Hall–Kier alpha value is -2.44. The number of imidazole rings is 1. The zero-order valence-electron chi connectivity index (χ0n) is 9.61. The standard InChI is InChI=1S/C11H11FN4O2/c1-7-13-5-8(15-7)6-14-11-9(12)3-2-4-10(11)16(17)18/h2-5,14H,6H2,1H3,(H,13,15). The molecule has 0 aliphatic rings. The number of nitro benzene ring substituents is 1. The quantitative estimate of drug-likeness (QED) is 0.644. The van der Waals surface area contributed by atoms with Crippen molar-refractivity contribution in [3.8, 4) is 0 Å². The van der Waals surface area contributed by atoms with E-state index in [1.807, 2.05) is 0 Å². The van der Waals surface area contributed by atoms with Crippen molar-refractivity contribution in [1.29, 1.82) is 0 Å². The molecule has 0 radical (unpaired) electrons. The minimum Gasteiger partial charge on any atom is -0.371 e. The van der Waals surface area contributed by atoms with Crippen molar-refractivity contribution in [3.63, 3.8) is 0 Å². The summed E-state index contributed by atoms with van der Waals surface area (Å²) >= 11 is 0. The van der Waals surface area contributed by atoms with Crippen LogP contribution in [0.15, 0.2) is 24.4 Å². The molecule has 0 aliphatic heterocycles. The third-order valence-electron chi connectivity index (χ3n) is 2.40. The van der Waals surface area contributed by atoms with Crippen molar-refractivity contribution >= 4 is 11.4 Å². The number of hydrogen-bond acceptors (Lipinski definition) is 4. The molecule has 0 saturated heterocycles. The molecule has 94 valence electrons. The van der Waals surface area contributed by atoms with Gasteiger partial charge in [0, 0.05) is 6.07 Å². The first kappa shape index (κ1) is 12.0. The summed E-state index contributed by atoms with van der Waals surface area (Å²) in [4.78, 5) is 17.1. The van der Waals surface area contributed by atoms with E-state index >= 15 is 0 Å². The van der Waals surface area contributed by atoms with Crippen molar-refractivity contribution in [2.75, 3.05) is 5.32 Å². The van der Waals surface area contributed by atoms with E-state index < -0.39 is 10.7 Å². The molecular weight excluding hydrogens is 239 g/mol. The molecule has 0 bridgehead atoms. The fraction of sp³-hybridized carbons (Fsp3) is 0.182. The molecule has 7 heteroatoms. The number of H-pyrrole nitrogens is 1. The van der Waals surface area contributed by atoms with Gasteiger partial charge < -0.3 is 10.3 Å². The van der Waals surface area contributed by atoms with Crippen LogP contribution < -0.4 is 5.32 Å². The predicted molar refractivity (Wildman–Crippen MR) is 63.7 cm³/mol. The minimum absolute atomic E-state index is 0.116. The van der Waals surface area contributed by atoms with E-state index in [-0.39, 0.29) is 17.9 Å². The smallest absolute Gasteiger partial charge is 0.295 e. The van der Waals surface area contributed by atoms with Gasteiger partial charge in [0.2, 0.25) is 0 Å². The van der Waals surface area contributed by atoms with Crippen molar-refractivity contribution in [1.82, 2.24) is 9.97 Å². The summed E-state index contributed by atoms with van der Waals surface area (Å²) in [6.07, 6.45) is 1.59. The van der Waals surface area contributed by atoms with Gasteiger partial charge in [-0.15, -0.1) is 0 Å². The maximum Gasteiger partial charge on any atom is 0.295 e. The first-order chi connectivity index (χ1) is 8.58. The summed E-state index contributed by atoms with van der Waals surface area (Å²) < 4.78 is 13.5. The lowest BCUT2D eigenvalue weighted by Gasteiger charge is -2.06. The zero-order chi connectivity index (χ0) is 13.1.